The number of carboxylic acids is 1. The summed E-state index contributed by atoms with van der Waals surface area (Å²) in [4.78, 5) is 13.8. The Hall–Kier alpha value is -2.07. The normalized spacial score (nSPS) is 10.8. The van der Waals surface area contributed by atoms with E-state index in [1.54, 1.807) is 17.4 Å². The fourth-order valence-corrected chi connectivity index (χ4v) is 2.82. The van der Waals surface area contributed by atoms with Crippen LogP contribution in [0.1, 0.15) is 10.5 Å². The number of thiophene rings is 1. The second kappa shape index (κ2) is 3.75. The number of benzene rings is 1. The van der Waals surface area contributed by atoms with Gasteiger partial charge in [0.15, 0.2) is 0 Å². The Kier molecular flexibility index (Phi) is 2.23. The van der Waals surface area contributed by atoms with E-state index in [1.807, 2.05) is 35.7 Å². The van der Waals surface area contributed by atoms with Crippen LogP contribution in [0.5, 0.6) is 0 Å². The van der Waals surface area contributed by atoms with Crippen LogP contribution in [0.2, 0.25) is 0 Å². The van der Waals surface area contributed by atoms with Gasteiger partial charge in [0.2, 0.25) is 0 Å². The summed E-state index contributed by atoms with van der Waals surface area (Å²) in [6.45, 7) is 0. The smallest absolute Gasteiger partial charge is 0.352 e. The highest BCUT2D eigenvalue weighted by Gasteiger charge is 2.12. The molecule has 0 atom stereocenters. The molecule has 0 aliphatic rings. The van der Waals surface area contributed by atoms with Crippen LogP contribution in [0, 0.1) is 0 Å². The summed E-state index contributed by atoms with van der Waals surface area (Å²) in [6, 6.07) is 11.6. The molecule has 0 aliphatic heterocycles. The number of hydrogen-bond acceptors (Lipinski definition) is 2. The Balaban J connectivity index is 2.21. The van der Waals surface area contributed by atoms with Crippen molar-refractivity contribution in [3.63, 3.8) is 0 Å². The lowest BCUT2D eigenvalue weighted by Gasteiger charge is -1.97. The zero-order valence-electron chi connectivity index (χ0n) is 8.81. The zero-order chi connectivity index (χ0) is 11.8. The van der Waals surface area contributed by atoms with E-state index in [4.69, 9.17) is 5.11 Å². The summed E-state index contributed by atoms with van der Waals surface area (Å²) in [5.41, 5.74) is 3.29. The number of hydrogen-bond donors (Lipinski definition) is 2. The fraction of sp³-hybridized carbons (Fsp3) is 0. The van der Waals surface area contributed by atoms with Gasteiger partial charge in [0.25, 0.3) is 0 Å². The van der Waals surface area contributed by atoms with Gasteiger partial charge in [-0.05, 0) is 11.6 Å². The van der Waals surface area contributed by atoms with Gasteiger partial charge in [-0.25, -0.2) is 4.79 Å². The van der Waals surface area contributed by atoms with Gasteiger partial charge < -0.3 is 10.1 Å². The molecule has 84 valence electrons. The monoisotopic (exact) mass is 243 g/mol. The largest absolute Gasteiger partial charge is 0.477 e. The van der Waals surface area contributed by atoms with Gasteiger partial charge in [-0.3, -0.25) is 0 Å². The molecule has 0 bridgehead atoms. The lowest BCUT2D eigenvalue weighted by molar-refractivity contribution is 0.0691. The molecule has 4 heteroatoms. The van der Waals surface area contributed by atoms with Crippen molar-refractivity contribution in [2.45, 2.75) is 0 Å². The Labute approximate surface area is 101 Å². The number of H-pyrrole nitrogens is 1. The predicted molar refractivity (Wildman–Crippen MR) is 68.6 cm³/mol. The van der Waals surface area contributed by atoms with E-state index in [9.17, 15) is 4.79 Å². The molecule has 0 amide bonds. The summed E-state index contributed by atoms with van der Waals surface area (Å²) in [7, 11) is 0. The molecule has 0 saturated heterocycles. The molecule has 0 saturated carbocycles. The van der Waals surface area contributed by atoms with Crippen molar-refractivity contribution in [1.82, 2.24) is 4.98 Å². The molecule has 3 aromatic rings. The molecule has 17 heavy (non-hydrogen) atoms. The maximum Gasteiger partial charge on any atom is 0.352 e. The van der Waals surface area contributed by atoms with Gasteiger partial charge in [0, 0.05) is 10.9 Å². The predicted octanol–water partition coefficient (Wildman–Crippen LogP) is 3.59. The number of carbonyl (C=O) groups is 1. The van der Waals surface area contributed by atoms with Gasteiger partial charge in [-0.15, -0.1) is 11.3 Å². The molecule has 0 unspecified atom stereocenters. The highest BCUT2D eigenvalue weighted by molar-refractivity contribution is 7.17. The second-order valence-electron chi connectivity index (χ2n) is 3.74. The maximum absolute atomic E-state index is 10.9. The number of aromatic nitrogens is 1. The van der Waals surface area contributed by atoms with E-state index >= 15 is 0 Å². The minimum Gasteiger partial charge on any atom is -0.477 e. The summed E-state index contributed by atoms with van der Waals surface area (Å²) in [6.07, 6.45) is 0. The average Bonchev–Trinajstić information content (AvgIpc) is 2.89. The molecule has 0 spiro atoms. The lowest BCUT2D eigenvalue weighted by atomic mass is 10.1. The molecule has 2 N–H and O–H groups in total. The quantitative estimate of drug-likeness (QED) is 0.722. The van der Waals surface area contributed by atoms with Gasteiger partial charge >= 0.3 is 5.97 Å². The van der Waals surface area contributed by atoms with E-state index in [1.165, 1.54) is 0 Å². The van der Waals surface area contributed by atoms with E-state index in [0.29, 0.717) is 0 Å². The number of nitrogens with one attached hydrogen (secondary N) is 1. The van der Waals surface area contributed by atoms with Crippen LogP contribution in [0.3, 0.4) is 0 Å². The summed E-state index contributed by atoms with van der Waals surface area (Å²) < 4.78 is 0.973. The number of carboxylic acid groups (broad SMARTS) is 1. The third kappa shape index (κ3) is 1.62. The number of aromatic carboxylic acids is 1. The summed E-state index contributed by atoms with van der Waals surface area (Å²) >= 11 is 1.55. The van der Waals surface area contributed by atoms with Gasteiger partial charge in [-0.2, -0.15) is 0 Å². The SMILES string of the molecule is O=C(O)c1cc2scc(-c3ccccc3)c2[nH]1. The van der Waals surface area contributed by atoms with Crippen molar-refractivity contribution in [1.29, 1.82) is 0 Å². The zero-order valence-corrected chi connectivity index (χ0v) is 9.62. The van der Waals surface area contributed by atoms with E-state index in [-0.39, 0.29) is 5.69 Å². The van der Waals surface area contributed by atoms with Crippen LogP contribution in [0.25, 0.3) is 21.3 Å². The third-order valence-electron chi connectivity index (χ3n) is 2.67. The minimum atomic E-state index is -0.924. The molecular weight excluding hydrogens is 234 g/mol. The average molecular weight is 243 g/mol. The first kappa shape index (κ1) is 10.1. The molecule has 0 radical (unpaired) electrons. The molecule has 1 aromatic carbocycles. The van der Waals surface area contributed by atoms with Gasteiger partial charge in [-0.1, -0.05) is 30.3 Å². The number of fused-ring (bicyclic) bond motifs is 1. The third-order valence-corrected chi connectivity index (χ3v) is 3.60. The van der Waals surface area contributed by atoms with Gasteiger partial charge in [0.1, 0.15) is 5.69 Å². The Morgan fingerprint density at radius 2 is 2.00 bits per heavy atom. The van der Waals surface area contributed by atoms with Crippen molar-refractivity contribution >= 4 is 27.5 Å². The molecule has 2 aromatic heterocycles. The van der Waals surface area contributed by atoms with Crippen molar-refractivity contribution in [3.8, 4) is 11.1 Å². The van der Waals surface area contributed by atoms with Gasteiger partial charge in [0.05, 0.1) is 10.2 Å². The molecule has 2 heterocycles. The molecule has 0 fully saturated rings. The maximum atomic E-state index is 10.9. The van der Waals surface area contributed by atoms with Crippen LogP contribution in [-0.4, -0.2) is 16.1 Å². The first-order valence-corrected chi connectivity index (χ1v) is 6.02. The highest BCUT2D eigenvalue weighted by atomic mass is 32.1. The molecular formula is C13H9NO2S. The summed E-state index contributed by atoms with van der Waals surface area (Å²) in [5, 5.41) is 11.0. The van der Waals surface area contributed by atoms with Crippen LogP contribution >= 0.6 is 11.3 Å². The topological polar surface area (TPSA) is 53.1 Å². The van der Waals surface area contributed by atoms with Crippen molar-refractivity contribution in [2.24, 2.45) is 0 Å². The highest BCUT2D eigenvalue weighted by Crippen LogP contribution is 2.33. The number of aromatic amines is 1. The van der Waals surface area contributed by atoms with E-state index in [2.05, 4.69) is 4.98 Å². The fourth-order valence-electron chi connectivity index (χ4n) is 1.86. The lowest BCUT2D eigenvalue weighted by Crippen LogP contribution is -1.95. The second-order valence-corrected chi connectivity index (χ2v) is 4.65. The summed E-state index contributed by atoms with van der Waals surface area (Å²) in [5.74, 6) is -0.924. The van der Waals surface area contributed by atoms with Crippen LogP contribution < -0.4 is 0 Å². The van der Waals surface area contributed by atoms with Crippen LogP contribution in [0.15, 0.2) is 41.8 Å². The minimum absolute atomic E-state index is 0.240. The van der Waals surface area contributed by atoms with Crippen LogP contribution in [0.4, 0.5) is 0 Å². The Morgan fingerprint density at radius 3 is 2.71 bits per heavy atom. The molecule has 3 rings (SSSR count). The standard InChI is InChI=1S/C13H9NO2S/c15-13(16)10-6-11-12(14-10)9(7-17-11)8-4-2-1-3-5-8/h1-7,14H,(H,15,16). The van der Waals surface area contributed by atoms with E-state index in [0.717, 1.165) is 21.3 Å². The van der Waals surface area contributed by atoms with Crippen molar-refractivity contribution in [2.75, 3.05) is 0 Å². The molecule has 3 nitrogen and oxygen atoms in total. The Bertz CT molecular complexity index is 682. The first-order chi connectivity index (χ1) is 8.25. The molecule has 0 aliphatic carbocycles. The number of rotatable bonds is 2. The van der Waals surface area contributed by atoms with Crippen molar-refractivity contribution in [3.05, 3.63) is 47.5 Å². The van der Waals surface area contributed by atoms with E-state index < -0.39 is 5.97 Å². The first-order valence-electron chi connectivity index (χ1n) is 5.14. The van der Waals surface area contributed by atoms with Crippen molar-refractivity contribution < 1.29 is 9.90 Å². The Morgan fingerprint density at radius 1 is 1.24 bits per heavy atom. The van der Waals surface area contributed by atoms with Crippen LogP contribution in [-0.2, 0) is 0 Å².